The fraction of sp³-hybridized carbons (Fsp3) is 0. The molecule has 0 saturated heterocycles. The number of hydrogen-bond donors (Lipinski definition) is 0. The third-order valence-corrected chi connectivity index (χ3v) is 7.22. The van der Waals surface area contributed by atoms with E-state index in [2.05, 4.69) is 103 Å². The second-order valence-electron chi connectivity index (χ2n) is 6.89. The van der Waals surface area contributed by atoms with Gasteiger partial charge in [-0.15, -0.1) is 10.2 Å². The van der Waals surface area contributed by atoms with Gasteiger partial charge in [0.1, 0.15) is 0 Å². The van der Waals surface area contributed by atoms with Gasteiger partial charge in [0.25, 0.3) is 4.88 Å². The molecule has 0 spiro atoms. The van der Waals surface area contributed by atoms with Crippen LogP contribution < -0.4 is 18.6 Å². The molecule has 0 aliphatic carbocycles. The lowest BCUT2D eigenvalue weighted by Crippen LogP contribution is -2.68. The van der Waals surface area contributed by atoms with Gasteiger partial charge >= 0.3 is 10.3 Å². The number of benzene rings is 4. The molecule has 0 aliphatic rings. The minimum absolute atomic E-state index is 1.29. The van der Waals surface area contributed by atoms with Crippen molar-refractivity contribution >= 4 is 54.4 Å². The van der Waals surface area contributed by atoms with Crippen molar-refractivity contribution in [2.75, 3.05) is 0 Å². The lowest BCUT2D eigenvalue weighted by Gasteiger charge is -2.17. The van der Waals surface area contributed by atoms with E-state index in [0.717, 1.165) is 0 Å². The molecule has 0 saturated carbocycles. The highest BCUT2D eigenvalue weighted by Crippen LogP contribution is 2.34. The van der Waals surface area contributed by atoms with Gasteiger partial charge in [-0.1, -0.05) is 72.8 Å². The Morgan fingerprint density at radius 2 is 1.19 bits per heavy atom. The molecule has 0 N–H and O–H groups in total. The van der Waals surface area contributed by atoms with E-state index < -0.39 is 10.2 Å². The first kappa shape index (κ1) is 22.5. The molecule has 0 unspecified atom stereocenters. The van der Waals surface area contributed by atoms with E-state index in [1.807, 2.05) is 20.7 Å². The summed E-state index contributed by atoms with van der Waals surface area (Å²) < 4.78 is 34.0. The van der Waals surface area contributed by atoms with Gasteiger partial charge in [-0.25, -0.2) is 18.6 Å². The van der Waals surface area contributed by atoms with Gasteiger partial charge in [0.2, 0.25) is 0 Å². The SMILES string of the molecule is C(=C\c1c2ccccc2cc2ccccc12)/c1cc(-c2ccccc2)[s+]s1.[O-][Cl+3]([O-])([O-])[O-]. The molecule has 1 heterocycles. The molecule has 4 aromatic carbocycles. The second-order valence-corrected chi connectivity index (χ2v) is 9.89. The molecule has 0 aliphatic heterocycles. The molecule has 32 heavy (non-hydrogen) atoms. The Hall–Kier alpha value is -2.68. The van der Waals surface area contributed by atoms with Crippen LogP contribution in [0.4, 0.5) is 0 Å². The van der Waals surface area contributed by atoms with Gasteiger partial charge in [0.05, 0.1) is 4.88 Å². The summed E-state index contributed by atoms with van der Waals surface area (Å²) in [5.74, 6) is 0. The lowest BCUT2D eigenvalue weighted by atomic mass is 9.96. The first-order valence-electron chi connectivity index (χ1n) is 9.57. The van der Waals surface area contributed by atoms with Crippen LogP contribution in [0.25, 0.3) is 44.1 Å². The van der Waals surface area contributed by atoms with Crippen molar-refractivity contribution in [1.29, 1.82) is 0 Å². The van der Waals surface area contributed by atoms with E-state index in [9.17, 15) is 0 Å². The van der Waals surface area contributed by atoms with E-state index in [0.29, 0.717) is 0 Å². The highest BCUT2D eigenvalue weighted by molar-refractivity contribution is 7.71. The maximum atomic E-state index is 8.49. The van der Waals surface area contributed by atoms with Crippen molar-refractivity contribution in [2.45, 2.75) is 0 Å². The molecule has 1 aromatic heterocycles. The minimum atomic E-state index is -4.94. The summed E-state index contributed by atoms with van der Waals surface area (Å²) in [4.78, 5) is 2.61. The maximum absolute atomic E-state index is 8.49. The van der Waals surface area contributed by atoms with Crippen LogP contribution in [-0.4, -0.2) is 0 Å². The lowest BCUT2D eigenvalue weighted by molar-refractivity contribution is -2.00. The van der Waals surface area contributed by atoms with Crippen molar-refractivity contribution in [3.05, 3.63) is 101 Å². The first-order valence-corrected chi connectivity index (χ1v) is 13.0. The van der Waals surface area contributed by atoms with Crippen molar-refractivity contribution in [1.82, 2.24) is 0 Å². The van der Waals surface area contributed by atoms with Gasteiger partial charge < -0.3 is 0 Å². The topological polar surface area (TPSA) is 92.2 Å². The Morgan fingerprint density at radius 1 is 0.656 bits per heavy atom. The Kier molecular flexibility index (Phi) is 6.93. The fourth-order valence-electron chi connectivity index (χ4n) is 3.47. The molecule has 4 nitrogen and oxygen atoms in total. The zero-order chi connectivity index (χ0) is 22.6. The van der Waals surface area contributed by atoms with E-state index >= 15 is 0 Å². The van der Waals surface area contributed by atoms with E-state index in [1.54, 1.807) is 0 Å². The van der Waals surface area contributed by atoms with Crippen LogP contribution in [0, 0.1) is 10.2 Å². The van der Waals surface area contributed by atoms with Crippen LogP contribution in [-0.2, 0) is 0 Å². The molecule has 5 aromatic rings. The summed E-state index contributed by atoms with van der Waals surface area (Å²) in [6.07, 6.45) is 4.53. The monoisotopic (exact) mass is 480 g/mol. The third-order valence-electron chi connectivity index (χ3n) is 4.79. The summed E-state index contributed by atoms with van der Waals surface area (Å²) in [6.45, 7) is 0. The molecular weight excluding hydrogens is 464 g/mol. The highest BCUT2D eigenvalue weighted by Gasteiger charge is 2.14. The summed E-state index contributed by atoms with van der Waals surface area (Å²) in [5, 5.41) is 5.18. The normalized spacial score (nSPS) is 11.6. The molecule has 7 heteroatoms. The zero-order valence-electron chi connectivity index (χ0n) is 16.6. The number of hydrogen-bond acceptors (Lipinski definition) is 5. The van der Waals surface area contributed by atoms with Crippen molar-refractivity contribution in [2.24, 2.45) is 0 Å². The molecule has 0 fully saturated rings. The van der Waals surface area contributed by atoms with Crippen LogP contribution in [0.5, 0.6) is 0 Å². The van der Waals surface area contributed by atoms with Crippen molar-refractivity contribution in [3.63, 3.8) is 0 Å². The Bertz CT molecular complexity index is 1320. The average molecular weight is 481 g/mol. The van der Waals surface area contributed by atoms with Gasteiger partial charge in [0.15, 0.2) is 10.3 Å². The van der Waals surface area contributed by atoms with Gasteiger partial charge in [0, 0.05) is 11.6 Å². The quantitative estimate of drug-likeness (QED) is 0.224. The zero-order valence-corrected chi connectivity index (χ0v) is 19.0. The minimum Gasteiger partial charge on any atom is -0.222 e. The highest BCUT2D eigenvalue weighted by atomic mass is 35.7. The van der Waals surface area contributed by atoms with Crippen LogP contribution in [0.15, 0.2) is 91.0 Å². The molecular formula is C25H17ClO4S2. The molecule has 0 radical (unpaired) electrons. The number of fused-ring (bicyclic) bond motifs is 2. The Morgan fingerprint density at radius 3 is 1.78 bits per heavy atom. The van der Waals surface area contributed by atoms with Crippen molar-refractivity contribution < 1.29 is 28.9 Å². The standard InChI is InChI=1S/C25H17S2.ClHO4/c1-2-8-18(9-3-1)25-17-21(26-27-25)14-15-24-22-12-6-4-10-19(22)16-20-11-5-7-13-23(20)24;2-1(3,4)5/h1-17H;(H,2,3,4,5)/q+1;/p-1/b15-14+;. The van der Waals surface area contributed by atoms with E-state index in [4.69, 9.17) is 18.6 Å². The van der Waals surface area contributed by atoms with Gasteiger partial charge in [-0.2, -0.15) is 0 Å². The number of halogens is 1. The van der Waals surface area contributed by atoms with Crippen LogP contribution >= 0.6 is 20.7 Å². The van der Waals surface area contributed by atoms with E-state index in [1.165, 1.54) is 42.4 Å². The number of rotatable bonds is 3. The van der Waals surface area contributed by atoms with Crippen molar-refractivity contribution in [3.8, 4) is 10.4 Å². The Labute approximate surface area is 194 Å². The van der Waals surface area contributed by atoms with Crippen LogP contribution in [0.1, 0.15) is 10.4 Å². The third kappa shape index (κ3) is 5.76. The first-order chi connectivity index (χ1) is 15.4. The summed E-state index contributed by atoms with van der Waals surface area (Å²) in [7, 11) is -1.28. The summed E-state index contributed by atoms with van der Waals surface area (Å²) >= 11 is 0. The van der Waals surface area contributed by atoms with E-state index in [-0.39, 0.29) is 0 Å². The largest absolute Gasteiger partial charge is 0.301 e. The molecule has 5 rings (SSSR count). The summed E-state index contributed by atoms with van der Waals surface area (Å²) in [5.41, 5.74) is 2.58. The molecule has 160 valence electrons. The average Bonchev–Trinajstić information content (AvgIpc) is 3.25. The predicted octanol–water partition coefficient (Wildman–Crippen LogP) is 3.48. The maximum Gasteiger partial charge on any atom is 0.301 e. The molecule has 0 amide bonds. The second kappa shape index (κ2) is 9.85. The van der Waals surface area contributed by atoms with Gasteiger partial charge in [-0.3, -0.25) is 0 Å². The molecule has 0 atom stereocenters. The molecule has 0 bridgehead atoms. The van der Waals surface area contributed by atoms with Crippen LogP contribution in [0.2, 0.25) is 0 Å². The summed E-state index contributed by atoms with van der Waals surface area (Å²) in [6, 6.07) is 32.4. The van der Waals surface area contributed by atoms with Gasteiger partial charge in [-0.05, 0) is 51.4 Å². The predicted molar refractivity (Wildman–Crippen MR) is 122 cm³/mol. The fourth-order valence-corrected chi connectivity index (χ4v) is 5.73. The Balaban J connectivity index is 0.000000444. The van der Waals surface area contributed by atoms with Crippen LogP contribution in [0.3, 0.4) is 0 Å². The smallest absolute Gasteiger partial charge is 0.222 e.